The van der Waals surface area contributed by atoms with Crippen molar-refractivity contribution in [2.75, 3.05) is 32.8 Å². The molecule has 28 heavy (non-hydrogen) atoms. The van der Waals surface area contributed by atoms with Crippen LogP contribution in [0.4, 0.5) is 0 Å². The summed E-state index contributed by atoms with van der Waals surface area (Å²) in [5, 5.41) is 4.63. The van der Waals surface area contributed by atoms with Gasteiger partial charge < -0.3 is 19.4 Å². The lowest BCUT2D eigenvalue weighted by Crippen LogP contribution is -2.45. The first-order valence-corrected chi connectivity index (χ1v) is 10.4. The number of ether oxygens (including phenoxy) is 1. The molecule has 2 aliphatic heterocycles. The van der Waals surface area contributed by atoms with Gasteiger partial charge in [-0.3, -0.25) is 4.79 Å². The number of fused-ring (bicyclic) bond motifs is 3. The molecule has 2 saturated heterocycles. The average molecular weight is 405 g/mol. The van der Waals surface area contributed by atoms with E-state index in [0.29, 0.717) is 5.41 Å². The van der Waals surface area contributed by atoms with Gasteiger partial charge in [-0.05, 0) is 68.7 Å². The minimum atomic E-state index is 0. The highest BCUT2D eigenvalue weighted by Crippen LogP contribution is 2.37. The van der Waals surface area contributed by atoms with E-state index in [1.165, 1.54) is 24.8 Å². The van der Waals surface area contributed by atoms with Gasteiger partial charge in [-0.15, -0.1) is 12.4 Å². The third-order valence-corrected chi connectivity index (χ3v) is 6.80. The van der Waals surface area contributed by atoms with Crippen molar-refractivity contribution in [1.82, 2.24) is 10.2 Å². The molecule has 1 aromatic heterocycles. The molecule has 3 heterocycles. The van der Waals surface area contributed by atoms with Crippen LogP contribution in [0.25, 0.3) is 11.0 Å². The molecule has 2 fully saturated rings. The molecule has 0 radical (unpaired) electrons. The highest BCUT2D eigenvalue weighted by atomic mass is 35.5. The topological polar surface area (TPSA) is 54.7 Å². The average Bonchev–Trinajstić information content (AvgIpc) is 3.31. The molecule has 1 aliphatic carbocycles. The molecule has 3 aliphatic rings. The molecule has 2 aromatic rings. The molecule has 1 aromatic carbocycles. The van der Waals surface area contributed by atoms with Crippen LogP contribution in [-0.2, 0) is 17.6 Å². The molecular weight excluding hydrogens is 376 g/mol. The number of carbonyl (C=O) groups excluding carboxylic acids is 1. The number of halogens is 1. The van der Waals surface area contributed by atoms with Gasteiger partial charge in [0.1, 0.15) is 17.1 Å². The standard InChI is InChI=1S/C22H28N2O3.ClH/c25-21(24-11-8-22(9-12-24)7-10-23-15-22)14-26-16-5-6-20-18(13-16)17-3-1-2-4-19(17)27-20;/h5-6,13,23H,1-4,7-12,14-15H2;1H. The number of nitrogens with one attached hydrogen (secondary N) is 1. The Bertz CT molecular complexity index is 847. The summed E-state index contributed by atoms with van der Waals surface area (Å²) >= 11 is 0. The Morgan fingerprint density at radius 2 is 2.00 bits per heavy atom. The van der Waals surface area contributed by atoms with Gasteiger partial charge in [0.2, 0.25) is 0 Å². The van der Waals surface area contributed by atoms with E-state index in [2.05, 4.69) is 5.32 Å². The third kappa shape index (κ3) is 3.62. The quantitative estimate of drug-likeness (QED) is 0.847. The first-order chi connectivity index (χ1) is 13.2. The summed E-state index contributed by atoms with van der Waals surface area (Å²) in [7, 11) is 0. The van der Waals surface area contributed by atoms with E-state index >= 15 is 0 Å². The fraction of sp³-hybridized carbons (Fsp3) is 0.591. The van der Waals surface area contributed by atoms with Crippen molar-refractivity contribution < 1.29 is 13.9 Å². The van der Waals surface area contributed by atoms with Crippen LogP contribution in [-0.4, -0.2) is 43.6 Å². The normalized spacial score (nSPS) is 20.8. The summed E-state index contributed by atoms with van der Waals surface area (Å²) in [5.74, 6) is 2.00. The number of amides is 1. The Labute approximate surface area is 172 Å². The van der Waals surface area contributed by atoms with Crippen molar-refractivity contribution in [1.29, 1.82) is 0 Å². The van der Waals surface area contributed by atoms with Crippen LogP contribution in [0.1, 0.15) is 43.4 Å². The van der Waals surface area contributed by atoms with Gasteiger partial charge in [0, 0.05) is 37.0 Å². The van der Waals surface area contributed by atoms with Gasteiger partial charge in [-0.1, -0.05) is 0 Å². The second-order valence-corrected chi connectivity index (χ2v) is 8.47. The van der Waals surface area contributed by atoms with Crippen LogP contribution in [0.2, 0.25) is 0 Å². The molecule has 152 valence electrons. The number of rotatable bonds is 3. The zero-order valence-electron chi connectivity index (χ0n) is 16.3. The molecule has 0 bridgehead atoms. The van der Waals surface area contributed by atoms with Gasteiger partial charge in [0.05, 0.1) is 0 Å². The summed E-state index contributed by atoms with van der Waals surface area (Å²) in [5.41, 5.74) is 2.70. The van der Waals surface area contributed by atoms with Crippen molar-refractivity contribution in [2.24, 2.45) is 5.41 Å². The number of nitrogens with zero attached hydrogens (tertiary/aromatic N) is 1. The number of hydrogen-bond donors (Lipinski definition) is 1. The Morgan fingerprint density at radius 3 is 2.79 bits per heavy atom. The van der Waals surface area contributed by atoms with E-state index in [-0.39, 0.29) is 24.9 Å². The van der Waals surface area contributed by atoms with Gasteiger partial charge in [0.15, 0.2) is 6.61 Å². The van der Waals surface area contributed by atoms with Crippen molar-refractivity contribution in [3.63, 3.8) is 0 Å². The van der Waals surface area contributed by atoms with Crippen LogP contribution in [0.15, 0.2) is 22.6 Å². The molecule has 6 heteroatoms. The van der Waals surface area contributed by atoms with Gasteiger partial charge >= 0.3 is 0 Å². The second kappa shape index (κ2) is 7.96. The van der Waals surface area contributed by atoms with Crippen LogP contribution >= 0.6 is 12.4 Å². The van der Waals surface area contributed by atoms with Crippen molar-refractivity contribution in [2.45, 2.75) is 44.9 Å². The predicted octanol–water partition coefficient (Wildman–Crippen LogP) is 3.71. The Morgan fingerprint density at radius 1 is 1.18 bits per heavy atom. The number of piperidine rings is 1. The molecule has 5 nitrogen and oxygen atoms in total. The smallest absolute Gasteiger partial charge is 0.260 e. The monoisotopic (exact) mass is 404 g/mol. The van der Waals surface area contributed by atoms with Gasteiger partial charge in [-0.2, -0.15) is 0 Å². The predicted molar refractivity (Wildman–Crippen MR) is 111 cm³/mol. The van der Waals surface area contributed by atoms with Crippen LogP contribution < -0.4 is 10.1 Å². The number of aryl methyl sites for hydroxylation is 2. The lowest BCUT2D eigenvalue weighted by molar-refractivity contribution is -0.135. The molecule has 1 N–H and O–H groups in total. The fourth-order valence-electron chi connectivity index (χ4n) is 5.02. The van der Waals surface area contributed by atoms with Crippen LogP contribution in [0.5, 0.6) is 5.75 Å². The fourth-order valence-corrected chi connectivity index (χ4v) is 5.02. The minimum absolute atomic E-state index is 0. The van der Waals surface area contributed by atoms with Crippen molar-refractivity contribution in [3.05, 3.63) is 29.5 Å². The maximum absolute atomic E-state index is 12.6. The van der Waals surface area contributed by atoms with E-state index in [9.17, 15) is 4.79 Å². The first-order valence-electron chi connectivity index (χ1n) is 10.4. The van der Waals surface area contributed by atoms with E-state index in [1.807, 2.05) is 23.1 Å². The Kier molecular flexibility index (Phi) is 5.57. The zero-order valence-corrected chi connectivity index (χ0v) is 17.1. The third-order valence-electron chi connectivity index (χ3n) is 6.80. The van der Waals surface area contributed by atoms with Gasteiger partial charge in [-0.25, -0.2) is 0 Å². The van der Waals surface area contributed by atoms with Crippen LogP contribution in [0.3, 0.4) is 0 Å². The maximum Gasteiger partial charge on any atom is 0.260 e. The van der Waals surface area contributed by atoms with E-state index in [1.54, 1.807) is 0 Å². The summed E-state index contributed by atoms with van der Waals surface area (Å²) in [6, 6.07) is 5.94. The second-order valence-electron chi connectivity index (χ2n) is 8.47. The Balaban J connectivity index is 0.00000192. The number of benzene rings is 1. The molecule has 5 rings (SSSR count). The highest BCUT2D eigenvalue weighted by Gasteiger charge is 2.38. The van der Waals surface area contributed by atoms with Crippen molar-refractivity contribution >= 4 is 29.3 Å². The van der Waals surface area contributed by atoms with Crippen molar-refractivity contribution in [3.8, 4) is 5.75 Å². The SMILES string of the molecule is Cl.O=C(COc1ccc2oc3c(c2c1)CCCC3)N1CCC2(CCNC2)CC1. The number of furan rings is 1. The molecular formula is C22H29ClN2O3. The largest absolute Gasteiger partial charge is 0.484 e. The summed E-state index contributed by atoms with van der Waals surface area (Å²) in [6.07, 6.45) is 8.01. The summed E-state index contributed by atoms with van der Waals surface area (Å²) < 4.78 is 11.8. The zero-order chi connectivity index (χ0) is 18.3. The molecule has 1 amide bonds. The Hall–Kier alpha value is -1.72. The summed E-state index contributed by atoms with van der Waals surface area (Å²) in [6.45, 7) is 4.07. The highest BCUT2D eigenvalue weighted by molar-refractivity contribution is 5.85. The molecule has 0 saturated carbocycles. The molecule has 0 unspecified atom stereocenters. The summed E-state index contributed by atoms with van der Waals surface area (Å²) in [4.78, 5) is 14.6. The first kappa shape index (κ1) is 19.6. The lowest BCUT2D eigenvalue weighted by Gasteiger charge is -2.38. The minimum Gasteiger partial charge on any atom is -0.484 e. The number of hydrogen-bond acceptors (Lipinski definition) is 4. The molecule has 1 spiro atoms. The van der Waals surface area contributed by atoms with E-state index in [0.717, 1.165) is 74.3 Å². The van der Waals surface area contributed by atoms with Crippen LogP contribution in [0, 0.1) is 5.41 Å². The van der Waals surface area contributed by atoms with E-state index < -0.39 is 0 Å². The molecule has 0 atom stereocenters. The van der Waals surface area contributed by atoms with Gasteiger partial charge in [0.25, 0.3) is 5.91 Å². The maximum atomic E-state index is 12.6. The lowest BCUT2D eigenvalue weighted by atomic mass is 9.78. The van der Waals surface area contributed by atoms with E-state index in [4.69, 9.17) is 9.15 Å². The number of carbonyl (C=O) groups is 1. The number of likely N-dealkylation sites (tertiary alicyclic amines) is 1.